The number of nitrogens with one attached hydrogen (secondary N) is 1. The Bertz CT molecular complexity index is 981. The van der Waals surface area contributed by atoms with Gasteiger partial charge in [-0.25, -0.2) is 8.42 Å². The normalized spacial score (nSPS) is 12.5. The van der Waals surface area contributed by atoms with Crippen LogP contribution in [0.1, 0.15) is 11.3 Å². The molecule has 0 atom stereocenters. The van der Waals surface area contributed by atoms with Crippen molar-refractivity contribution in [3.05, 3.63) is 59.8 Å². The van der Waals surface area contributed by atoms with Crippen molar-refractivity contribution in [3.8, 4) is 0 Å². The molecular weight excluding hydrogens is 345 g/mol. The molecule has 0 amide bonds. The molecule has 0 saturated carbocycles. The maximum absolute atomic E-state index is 12.7. The van der Waals surface area contributed by atoms with E-state index in [1.54, 1.807) is 24.3 Å². The molecule has 1 N–H and O–H groups in total. The van der Waals surface area contributed by atoms with Gasteiger partial charge in [0.15, 0.2) is 5.58 Å². The van der Waals surface area contributed by atoms with Crippen molar-refractivity contribution in [1.82, 2.24) is 5.16 Å². The summed E-state index contributed by atoms with van der Waals surface area (Å²) >= 11 is 0. The maximum atomic E-state index is 12.7. The number of sulfonamides is 1. The van der Waals surface area contributed by atoms with Crippen molar-refractivity contribution in [3.63, 3.8) is 0 Å². The molecule has 126 valence electrons. The summed E-state index contributed by atoms with van der Waals surface area (Å²) in [6.07, 6.45) is -4.55. The summed E-state index contributed by atoms with van der Waals surface area (Å²) in [6.45, 7) is 0. The van der Waals surface area contributed by atoms with E-state index in [0.717, 1.165) is 18.2 Å². The number of anilines is 1. The first-order chi connectivity index (χ1) is 11.2. The van der Waals surface area contributed by atoms with Gasteiger partial charge in [-0.05, 0) is 30.3 Å². The van der Waals surface area contributed by atoms with Gasteiger partial charge in [-0.2, -0.15) is 13.2 Å². The van der Waals surface area contributed by atoms with Crippen molar-refractivity contribution in [2.24, 2.45) is 0 Å². The van der Waals surface area contributed by atoms with Crippen molar-refractivity contribution in [2.75, 3.05) is 4.72 Å². The molecule has 0 aliphatic heterocycles. The van der Waals surface area contributed by atoms with E-state index in [4.69, 9.17) is 4.52 Å². The fourth-order valence-corrected chi connectivity index (χ4v) is 3.32. The largest absolute Gasteiger partial charge is 0.416 e. The Morgan fingerprint density at radius 2 is 1.83 bits per heavy atom. The summed E-state index contributed by atoms with van der Waals surface area (Å²) in [6, 6.07) is 10.7. The van der Waals surface area contributed by atoms with Crippen LogP contribution < -0.4 is 4.72 Å². The van der Waals surface area contributed by atoms with Crippen molar-refractivity contribution in [2.45, 2.75) is 11.9 Å². The van der Waals surface area contributed by atoms with Gasteiger partial charge in [0, 0.05) is 11.1 Å². The standard InChI is InChI=1S/C15H11F3N2O3S/c16-15(17,18)10-4-3-5-11(8-10)20-24(21,22)9-13-12-6-1-2-7-14(12)23-19-13/h1-8,20H,9H2. The van der Waals surface area contributed by atoms with Crippen molar-refractivity contribution >= 4 is 26.7 Å². The Morgan fingerprint density at radius 3 is 2.58 bits per heavy atom. The fraction of sp³-hybridized carbons (Fsp3) is 0.133. The van der Waals surface area contributed by atoms with Gasteiger partial charge in [0.2, 0.25) is 10.0 Å². The third-order valence-electron chi connectivity index (χ3n) is 3.24. The summed E-state index contributed by atoms with van der Waals surface area (Å²) in [4.78, 5) is 0. The molecule has 0 aliphatic rings. The van der Waals surface area contributed by atoms with E-state index in [-0.39, 0.29) is 11.4 Å². The van der Waals surface area contributed by atoms with Gasteiger partial charge in [0.05, 0.1) is 5.56 Å². The van der Waals surface area contributed by atoms with Crippen LogP contribution in [0.2, 0.25) is 0 Å². The molecule has 0 radical (unpaired) electrons. The highest BCUT2D eigenvalue weighted by Gasteiger charge is 2.30. The highest BCUT2D eigenvalue weighted by molar-refractivity contribution is 7.91. The molecule has 0 unspecified atom stereocenters. The molecule has 0 aliphatic carbocycles. The molecule has 3 aromatic rings. The summed E-state index contributed by atoms with van der Waals surface area (Å²) in [5.74, 6) is -0.514. The van der Waals surface area contributed by atoms with E-state index in [9.17, 15) is 21.6 Å². The predicted octanol–water partition coefficient (Wildman–Crippen LogP) is 3.79. The lowest BCUT2D eigenvalue weighted by Crippen LogP contribution is -2.16. The third kappa shape index (κ3) is 3.51. The number of alkyl halides is 3. The van der Waals surface area contributed by atoms with Gasteiger partial charge in [-0.1, -0.05) is 23.4 Å². The lowest BCUT2D eigenvalue weighted by Gasteiger charge is -2.10. The Morgan fingerprint density at radius 1 is 1.08 bits per heavy atom. The molecule has 24 heavy (non-hydrogen) atoms. The third-order valence-corrected chi connectivity index (χ3v) is 4.44. The van der Waals surface area contributed by atoms with E-state index in [1.807, 2.05) is 0 Å². The lowest BCUT2D eigenvalue weighted by molar-refractivity contribution is -0.137. The molecule has 0 bridgehead atoms. The molecule has 2 aromatic carbocycles. The van der Waals surface area contributed by atoms with Crippen LogP contribution in [0.25, 0.3) is 11.0 Å². The topological polar surface area (TPSA) is 72.2 Å². The number of aromatic nitrogens is 1. The van der Waals surface area contributed by atoms with Crippen LogP contribution in [-0.2, 0) is 22.0 Å². The minimum absolute atomic E-state index is 0.169. The Hall–Kier alpha value is -2.55. The second-order valence-corrected chi connectivity index (χ2v) is 6.79. The molecule has 0 spiro atoms. The van der Waals surface area contributed by atoms with E-state index >= 15 is 0 Å². The minimum Gasteiger partial charge on any atom is -0.356 e. The number of rotatable bonds is 4. The van der Waals surface area contributed by atoms with Gasteiger partial charge in [0.25, 0.3) is 0 Å². The van der Waals surface area contributed by atoms with Crippen molar-refractivity contribution in [1.29, 1.82) is 0 Å². The first-order valence-electron chi connectivity index (χ1n) is 6.76. The van der Waals surface area contributed by atoms with Crippen LogP contribution in [0.4, 0.5) is 18.9 Å². The summed E-state index contributed by atoms with van der Waals surface area (Å²) in [5.41, 5.74) is -0.487. The van der Waals surface area contributed by atoms with Crippen LogP contribution in [0.3, 0.4) is 0 Å². The number of fused-ring (bicyclic) bond motifs is 1. The second kappa shape index (κ2) is 5.82. The smallest absolute Gasteiger partial charge is 0.356 e. The first-order valence-corrected chi connectivity index (χ1v) is 8.41. The van der Waals surface area contributed by atoms with Gasteiger partial charge in [-0.3, -0.25) is 4.72 Å². The minimum atomic E-state index is -4.55. The Balaban J connectivity index is 1.84. The molecule has 9 heteroatoms. The van der Waals surface area contributed by atoms with Gasteiger partial charge in [-0.15, -0.1) is 0 Å². The molecule has 1 aromatic heterocycles. The van der Waals surface area contributed by atoms with Crippen LogP contribution >= 0.6 is 0 Å². The summed E-state index contributed by atoms with van der Waals surface area (Å²) in [7, 11) is -3.95. The SMILES string of the molecule is O=S(=O)(Cc1noc2ccccc12)Nc1cccc(C(F)(F)F)c1. The average Bonchev–Trinajstić information content (AvgIpc) is 2.89. The fourth-order valence-electron chi connectivity index (χ4n) is 2.20. The number of halogens is 3. The number of hydrogen-bond donors (Lipinski definition) is 1. The van der Waals surface area contributed by atoms with Crippen LogP contribution in [0.5, 0.6) is 0 Å². The highest BCUT2D eigenvalue weighted by Crippen LogP contribution is 2.31. The van der Waals surface area contributed by atoms with Gasteiger partial charge >= 0.3 is 6.18 Å². The predicted molar refractivity (Wildman–Crippen MR) is 81.7 cm³/mol. The van der Waals surface area contributed by atoms with Crippen LogP contribution in [-0.4, -0.2) is 13.6 Å². The average molecular weight is 356 g/mol. The van der Waals surface area contributed by atoms with E-state index < -0.39 is 27.5 Å². The number of hydrogen-bond acceptors (Lipinski definition) is 4. The molecule has 0 fully saturated rings. The van der Waals surface area contributed by atoms with Crippen molar-refractivity contribution < 1.29 is 26.1 Å². The highest BCUT2D eigenvalue weighted by atomic mass is 32.2. The van der Waals surface area contributed by atoms with E-state index in [0.29, 0.717) is 11.0 Å². The zero-order chi connectivity index (χ0) is 17.4. The molecule has 3 rings (SSSR count). The van der Waals surface area contributed by atoms with Crippen LogP contribution in [0.15, 0.2) is 53.1 Å². The first kappa shape index (κ1) is 16.3. The zero-order valence-corrected chi connectivity index (χ0v) is 12.9. The van der Waals surface area contributed by atoms with E-state index in [1.165, 1.54) is 6.07 Å². The van der Waals surface area contributed by atoms with Gasteiger partial charge in [0.1, 0.15) is 11.4 Å². The molecule has 5 nitrogen and oxygen atoms in total. The van der Waals surface area contributed by atoms with Crippen LogP contribution in [0, 0.1) is 0 Å². The molecule has 1 heterocycles. The zero-order valence-electron chi connectivity index (χ0n) is 12.0. The summed E-state index contributed by atoms with van der Waals surface area (Å²) < 4.78 is 69.6. The summed E-state index contributed by atoms with van der Waals surface area (Å²) in [5, 5.41) is 4.24. The van der Waals surface area contributed by atoms with E-state index in [2.05, 4.69) is 9.88 Å². The molecule has 0 saturated heterocycles. The molecular formula is C15H11F3N2O3S. The lowest BCUT2D eigenvalue weighted by atomic mass is 10.2. The second-order valence-electron chi connectivity index (χ2n) is 5.07. The number of benzene rings is 2. The Labute approximate surface area is 135 Å². The maximum Gasteiger partial charge on any atom is 0.416 e. The Kier molecular flexibility index (Phi) is 3.96. The monoisotopic (exact) mass is 356 g/mol. The van der Waals surface area contributed by atoms with Gasteiger partial charge < -0.3 is 4.52 Å². The number of nitrogens with zero attached hydrogens (tertiary/aromatic N) is 1. The quantitative estimate of drug-likeness (QED) is 0.772. The number of para-hydroxylation sites is 1.